The van der Waals surface area contributed by atoms with Crippen LogP contribution in [0.3, 0.4) is 0 Å². The fourth-order valence-electron chi connectivity index (χ4n) is 1.45. The van der Waals surface area contributed by atoms with Crippen LogP contribution in [-0.2, 0) is 6.42 Å². The van der Waals surface area contributed by atoms with Crippen LogP contribution in [-0.4, -0.2) is 4.98 Å². The molecule has 0 aliphatic carbocycles. The third-order valence-corrected chi connectivity index (χ3v) is 2.10. The van der Waals surface area contributed by atoms with E-state index in [1.54, 1.807) is 0 Å². The molecule has 0 unspecified atom stereocenters. The summed E-state index contributed by atoms with van der Waals surface area (Å²) in [6.07, 6.45) is 4.15. The van der Waals surface area contributed by atoms with Crippen molar-refractivity contribution in [2.45, 2.75) is 55.9 Å². The van der Waals surface area contributed by atoms with Crippen molar-refractivity contribution in [3.8, 4) is 0 Å². The molecular weight excluding hydrogens is 218 g/mol. The van der Waals surface area contributed by atoms with Crippen LogP contribution in [0, 0.1) is 0 Å². The number of aryl methyl sites for hydroxylation is 1. The summed E-state index contributed by atoms with van der Waals surface area (Å²) in [5.41, 5.74) is 2.47. The number of aromatic nitrogens is 1. The first-order valence-corrected chi connectivity index (χ1v) is 5.66. The van der Waals surface area contributed by atoms with E-state index in [-0.39, 0.29) is 22.3 Å². The summed E-state index contributed by atoms with van der Waals surface area (Å²) in [4.78, 5) is 4.35. The maximum Gasteiger partial charge on any atom is 0.0733 e. The second-order valence-electron chi connectivity index (χ2n) is 3.55. The van der Waals surface area contributed by atoms with Crippen LogP contribution in [0.15, 0.2) is 36.5 Å². The van der Waals surface area contributed by atoms with Crippen molar-refractivity contribution in [2.24, 2.45) is 0 Å². The van der Waals surface area contributed by atoms with Crippen molar-refractivity contribution < 1.29 is 0 Å². The lowest BCUT2D eigenvalue weighted by molar-refractivity contribution is 1.09. The second-order valence-corrected chi connectivity index (χ2v) is 3.55. The summed E-state index contributed by atoms with van der Waals surface area (Å²) >= 11 is 0. The van der Waals surface area contributed by atoms with Gasteiger partial charge >= 0.3 is 0 Å². The molecule has 1 aromatic carbocycles. The number of hydrogen-bond donors (Lipinski definition) is 0. The van der Waals surface area contributed by atoms with Crippen molar-refractivity contribution in [1.29, 1.82) is 0 Å². The van der Waals surface area contributed by atoms with Crippen molar-refractivity contribution in [3.05, 3.63) is 42.1 Å². The minimum atomic E-state index is 0. The molecule has 0 aliphatic heterocycles. The number of pyridine rings is 1. The Balaban J connectivity index is -0.000000345. The van der Waals surface area contributed by atoms with E-state index in [1.807, 2.05) is 12.3 Å². The Morgan fingerprint density at radius 3 is 2.00 bits per heavy atom. The van der Waals surface area contributed by atoms with Gasteiger partial charge in [0, 0.05) is 11.6 Å². The number of benzene rings is 1. The average molecular weight is 249 g/mol. The molecule has 0 N–H and O–H groups in total. The smallest absolute Gasteiger partial charge is 0.0733 e. The molecule has 0 atom stereocenters. The van der Waals surface area contributed by atoms with Gasteiger partial charge in [-0.3, -0.25) is 4.98 Å². The Morgan fingerprint density at radius 1 is 0.889 bits per heavy atom. The van der Waals surface area contributed by atoms with Crippen LogP contribution >= 0.6 is 0 Å². The zero-order chi connectivity index (χ0) is 11.1. The van der Waals surface area contributed by atoms with Gasteiger partial charge in [0.05, 0.1) is 5.52 Å². The van der Waals surface area contributed by atoms with Gasteiger partial charge in [0.2, 0.25) is 0 Å². The molecule has 18 heavy (non-hydrogen) atoms. The predicted molar refractivity (Wildman–Crippen MR) is 87.3 cm³/mol. The molecule has 0 saturated heterocycles. The molecule has 0 radical (unpaired) electrons. The van der Waals surface area contributed by atoms with Crippen LogP contribution in [0.2, 0.25) is 0 Å². The second kappa shape index (κ2) is 12.1. The summed E-state index contributed by atoms with van der Waals surface area (Å²) in [7, 11) is 0. The van der Waals surface area contributed by atoms with E-state index in [2.05, 4.69) is 50.0 Å². The lowest BCUT2D eigenvalue weighted by atomic mass is 10.1. The van der Waals surface area contributed by atoms with E-state index in [0.29, 0.717) is 0 Å². The zero-order valence-corrected chi connectivity index (χ0v) is 9.83. The van der Waals surface area contributed by atoms with E-state index in [0.717, 1.165) is 11.9 Å². The molecule has 1 heteroatoms. The highest BCUT2D eigenvalue weighted by atomic mass is 14.6. The van der Waals surface area contributed by atoms with E-state index in [9.17, 15) is 0 Å². The van der Waals surface area contributed by atoms with Crippen molar-refractivity contribution in [3.63, 3.8) is 0 Å². The lowest BCUT2D eigenvalue weighted by Gasteiger charge is -2.00. The molecule has 0 bridgehead atoms. The maximum atomic E-state index is 4.35. The Labute approximate surface area is 114 Å². The van der Waals surface area contributed by atoms with Crippen LogP contribution in [0.25, 0.3) is 10.9 Å². The molecule has 0 fully saturated rings. The first kappa shape index (κ1) is 21.9. The minimum absolute atomic E-state index is 0. The Bertz CT molecular complexity index is 402. The summed E-state index contributed by atoms with van der Waals surface area (Å²) in [5, 5.41) is 1.23. The molecule has 0 aliphatic rings. The van der Waals surface area contributed by atoms with Gasteiger partial charge in [-0.25, -0.2) is 0 Å². The molecule has 1 nitrogen and oxygen atoms in total. The monoisotopic (exact) mass is 249 g/mol. The van der Waals surface area contributed by atoms with Gasteiger partial charge in [-0.1, -0.05) is 73.7 Å². The van der Waals surface area contributed by atoms with Crippen LogP contribution in [0.5, 0.6) is 0 Å². The zero-order valence-electron chi connectivity index (χ0n) is 9.83. The normalized spacial score (nSPS) is 7.94. The number of para-hydroxylation sites is 1. The van der Waals surface area contributed by atoms with Crippen LogP contribution < -0.4 is 0 Å². The number of nitrogens with zero attached hydrogens (tertiary/aromatic N) is 1. The highest BCUT2D eigenvalue weighted by Crippen LogP contribution is 2.15. The third kappa shape index (κ3) is 5.81. The van der Waals surface area contributed by atoms with Gasteiger partial charge in [-0.15, -0.1) is 0 Å². The van der Waals surface area contributed by atoms with Crippen molar-refractivity contribution >= 4 is 10.9 Å². The molecule has 0 spiro atoms. The van der Waals surface area contributed by atoms with Gasteiger partial charge in [0.1, 0.15) is 0 Å². The molecule has 2 rings (SSSR count). The summed E-state index contributed by atoms with van der Waals surface area (Å²) in [5.74, 6) is 0. The summed E-state index contributed by atoms with van der Waals surface area (Å²) in [6, 6.07) is 10.4. The fourth-order valence-corrected chi connectivity index (χ4v) is 1.45. The largest absolute Gasteiger partial charge is 0.256 e. The highest BCUT2D eigenvalue weighted by molar-refractivity contribution is 5.81. The Kier molecular flexibility index (Phi) is 14.7. The first-order valence-electron chi connectivity index (χ1n) is 5.66. The van der Waals surface area contributed by atoms with Crippen LogP contribution in [0.1, 0.15) is 55.0 Å². The standard InChI is InChI=1S/C11H11N.C3H8.3CH4/c1-2-9-5-3-6-10-7-4-8-12-11(9)10;1-3-2;;;/h3-8H,2H2,1H3;3H2,1-2H3;3*1H4. The highest BCUT2D eigenvalue weighted by Gasteiger charge is 1.97. The van der Waals surface area contributed by atoms with E-state index >= 15 is 0 Å². The minimum Gasteiger partial charge on any atom is -0.256 e. The molecule has 1 heterocycles. The molecule has 0 saturated carbocycles. The Hall–Kier alpha value is -1.37. The average Bonchev–Trinajstić information content (AvgIpc) is 2.29. The lowest BCUT2D eigenvalue weighted by Crippen LogP contribution is -1.85. The van der Waals surface area contributed by atoms with Gasteiger partial charge in [-0.05, 0) is 18.1 Å². The van der Waals surface area contributed by atoms with E-state index < -0.39 is 0 Å². The molecule has 2 aromatic rings. The summed E-state index contributed by atoms with van der Waals surface area (Å²) in [6.45, 7) is 6.41. The van der Waals surface area contributed by atoms with Gasteiger partial charge < -0.3 is 0 Å². The third-order valence-electron chi connectivity index (χ3n) is 2.10. The topological polar surface area (TPSA) is 12.9 Å². The van der Waals surface area contributed by atoms with Crippen LogP contribution in [0.4, 0.5) is 0 Å². The Morgan fingerprint density at radius 2 is 1.44 bits per heavy atom. The number of rotatable bonds is 1. The fraction of sp³-hybridized carbons (Fsp3) is 0.471. The molecule has 0 amide bonds. The molecule has 104 valence electrons. The quantitative estimate of drug-likeness (QED) is 0.593. The van der Waals surface area contributed by atoms with E-state index in [4.69, 9.17) is 0 Å². The van der Waals surface area contributed by atoms with Gasteiger partial charge in [-0.2, -0.15) is 0 Å². The van der Waals surface area contributed by atoms with Gasteiger partial charge in [0.15, 0.2) is 0 Å². The SMILES string of the molecule is C.C.C.CCC.CCc1cccc2cccnc12. The molecule has 1 aromatic heterocycles. The van der Waals surface area contributed by atoms with Crippen molar-refractivity contribution in [1.82, 2.24) is 4.98 Å². The van der Waals surface area contributed by atoms with Crippen molar-refractivity contribution in [2.75, 3.05) is 0 Å². The van der Waals surface area contributed by atoms with Gasteiger partial charge in [0.25, 0.3) is 0 Å². The van der Waals surface area contributed by atoms with E-state index in [1.165, 1.54) is 17.4 Å². The molecular formula is C17H31N. The predicted octanol–water partition coefficient (Wildman–Crippen LogP) is 6.12. The first-order chi connectivity index (χ1) is 7.33. The number of fused-ring (bicyclic) bond motifs is 1. The number of hydrogen-bond acceptors (Lipinski definition) is 1. The summed E-state index contributed by atoms with van der Waals surface area (Å²) < 4.78 is 0. The maximum absolute atomic E-state index is 4.35.